The van der Waals surface area contributed by atoms with Gasteiger partial charge in [0, 0.05) is 30.7 Å². The topological polar surface area (TPSA) is 37.4 Å². The van der Waals surface area contributed by atoms with Crippen LogP contribution in [0.2, 0.25) is 5.02 Å². The Kier molecular flexibility index (Phi) is 4.22. The fourth-order valence-electron chi connectivity index (χ4n) is 2.22. The van der Waals surface area contributed by atoms with Gasteiger partial charge in [-0.15, -0.1) is 0 Å². The van der Waals surface area contributed by atoms with Crippen molar-refractivity contribution in [3.05, 3.63) is 47.4 Å². The highest BCUT2D eigenvalue weighted by Crippen LogP contribution is 2.23. The molecular formula is C15H15ClFN3O. The molecule has 1 aromatic heterocycles. The average Bonchev–Trinajstić information content (AvgIpc) is 2.52. The minimum absolute atomic E-state index is 0.165. The van der Waals surface area contributed by atoms with E-state index in [1.165, 1.54) is 12.3 Å². The number of hydrogen-bond acceptors (Lipinski definition) is 4. The van der Waals surface area contributed by atoms with E-state index in [0.717, 1.165) is 37.7 Å². The number of ether oxygens (including phenoxy) is 1. The van der Waals surface area contributed by atoms with Gasteiger partial charge in [0.25, 0.3) is 0 Å². The standard InChI is InChI=1S/C15H15ClFN3O/c16-11-9-14(17)15(18-10-11)19-12-1-3-13(4-2-12)20-5-7-21-8-6-20/h1-4,9-10H,5-8H2,(H,18,19). The smallest absolute Gasteiger partial charge is 0.167 e. The summed E-state index contributed by atoms with van der Waals surface area (Å²) in [6, 6.07) is 9.04. The maximum absolute atomic E-state index is 13.7. The largest absolute Gasteiger partial charge is 0.378 e. The third-order valence-corrected chi connectivity index (χ3v) is 3.52. The van der Waals surface area contributed by atoms with Crippen LogP contribution in [0.15, 0.2) is 36.5 Å². The molecule has 6 heteroatoms. The Morgan fingerprint density at radius 2 is 1.90 bits per heavy atom. The molecule has 0 aliphatic carbocycles. The van der Waals surface area contributed by atoms with Gasteiger partial charge in [-0.25, -0.2) is 9.37 Å². The van der Waals surface area contributed by atoms with Crippen LogP contribution >= 0.6 is 11.6 Å². The lowest BCUT2D eigenvalue weighted by Crippen LogP contribution is -2.36. The van der Waals surface area contributed by atoms with E-state index in [4.69, 9.17) is 16.3 Å². The molecule has 1 saturated heterocycles. The first kappa shape index (κ1) is 14.1. The highest BCUT2D eigenvalue weighted by molar-refractivity contribution is 6.30. The van der Waals surface area contributed by atoms with Gasteiger partial charge in [-0.05, 0) is 30.3 Å². The number of halogens is 2. The maximum Gasteiger partial charge on any atom is 0.167 e. The molecule has 1 aromatic carbocycles. The quantitative estimate of drug-likeness (QED) is 0.942. The van der Waals surface area contributed by atoms with E-state index in [1.807, 2.05) is 24.3 Å². The molecule has 0 radical (unpaired) electrons. The predicted octanol–water partition coefficient (Wildman–Crippen LogP) is 3.45. The van der Waals surface area contributed by atoms with Gasteiger partial charge in [0.15, 0.2) is 11.6 Å². The van der Waals surface area contributed by atoms with Crippen LogP contribution in [-0.2, 0) is 4.74 Å². The predicted molar refractivity (Wildman–Crippen MR) is 82.0 cm³/mol. The number of benzene rings is 1. The summed E-state index contributed by atoms with van der Waals surface area (Å²) in [5, 5.41) is 3.22. The normalized spacial score (nSPS) is 15.0. The molecule has 0 amide bonds. The zero-order chi connectivity index (χ0) is 14.7. The molecule has 2 aromatic rings. The van der Waals surface area contributed by atoms with Gasteiger partial charge in [0.2, 0.25) is 0 Å². The molecule has 0 bridgehead atoms. The van der Waals surface area contributed by atoms with E-state index < -0.39 is 5.82 Å². The summed E-state index contributed by atoms with van der Waals surface area (Å²) in [4.78, 5) is 6.20. The van der Waals surface area contributed by atoms with Crippen LogP contribution in [0.1, 0.15) is 0 Å². The zero-order valence-electron chi connectivity index (χ0n) is 11.4. The molecule has 3 rings (SSSR count). The molecule has 1 aliphatic heterocycles. The van der Waals surface area contributed by atoms with Crippen LogP contribution in [-0.4, -0.2) is 31.3 Å². The van der Waals surface area contributed by atoms with Crippen LogP contribution in [0.3, 0.4) is 0 Å². The molecule has 1 fully saturated rings. The van der Waals surface area contributed by atoms with Crippen molar-refractivity contribution in [2.24, 2.45) is 0 Å². The van der Waals surface area contributed by atoms with Gasteiger partial charge in [-0.2, -0.15) is 0 Å². The molecule has 21 heavy (non-hydrogen) atoms. The average molecular weight is 308 g/mol. The Hall–Kier alpha value is -1.85. The van der Waals surface area contributed by atoms with Crippen molar-refractivity contribution in [1.82, 2.24) is 4.98 Å². The van der Waals surface area contributed by atoms with Gasteiger partial charge in [0.05, 0.1) is 18.2 Å². The van der Waals surface area contributed by atoms with Crippen molar-refractivity contribution in [1.29, 1.82) is 0 Å². The lowest BCUT2D eigenvalue weighted by Gasteiger charge is -2.28. The number of nitrogens with one attached hydrogen (secondary N) is 1. The number of hydrogen-bond donors (Lipinski definition) is 1. The number of nitrogens with zero attached hydrogens (tertiary/aromatic N) is 2. The van der Waals surface area contributed by atoms with Crippen molar-refractivity contribution >= 4 is 28.8 Å². The van der Waals surface area contributed by atoms with E-state index in [1.54, 1.807) is 0 Å². The Labute approximate surface area is 127 Å². The molecule has 1 aliphatic rings. The molecule has 0 spiro atoms. The summed E-state index contributed by atoms with van der Waals surface area (Å²) < 4.78 is 19.0. The van der Waals surface area contributed by atoms with Gasteiger partial charge >= 0.3 is 0 Å². The third-order valence-electron chi connectivity index (χ3n) is 3.31. The first-order valence-electron chi connectivity index (χ1n) is 6.73. The summed E-state index contributed by atoms with van der Waals surface area (Å²) in [5.74, 6) is -0.307. The Morgan fingerprint density at radius 1 is 1.19 bits per heavy atom. The molecular weight excluding hydrogens is 293 g/mol. The van der Waals surface area contributed by atoms with Crippen molar-refractivity contribution in [3.8, 4) is 0 Å². The summed E-state index contributed by atoms with van der Waals surface area (Å²) in [5.41, 5.74) is 1.91. The fraction of sp³-hybridized carbons (Fsp3) is 0.267. The van der Waals surface area contributed by atoms with Crippen LogP contribution in [0.5, 0.6) is 0 Å². The second-order valence-electron chi connectivity index (χ2n) is 4.76. The van der Waals surface area contributed by atoms with E-state index >= 15 is 0 Å². The lowest BCUT2D eigenvalue weighted by atomic mass is 10.2. The molecule has 0 saturated carbocycles. The van der Waals surface area contributed by atoms with Gasteiger partial charge in [-0.3, -0.25) is 0 Å². The number of aromatic nitrogens is 1. The van der Waals surface area contributed by atoms with E-state index in [-0.39, 0.29) is 10.8 Å². The van der Waals surface area contributed by atoms with Crippen molar-refractivity contribution < 1.29 is 9.13 Å². The van der Waals surface area contributed by atoms with Crippen LogP contribution < -0.4 is 10.2 Å². The summed E-state index contributed by atoms with van der Waals surface area (Å²) in [6.45, 7) is 3.28. The lowest BCUT2D eigenvalue weighted by molar-refractivity contribution is 0.122. The molecule has 1 N–H and O–H groups in total. The first-order chi connectivity index (χ1) is 10.2. The molecule has 0 unspecified atom stereocenters. The highest BCUT2D eigenvalue weighted by Gasteiger charge is 2.11. The van der Waals surface area contributed by atoms with E-state index in [0.29, 0.717) is 0 Å². The van der Waals surface area contributed by atoms with Gasteiger partial charge < -0.3 is 15.0 Å². The van der Waals surface area contributed by atoms with Crippen molar-refractivity contribution in [2.75, 3.05) is 36.5 Å². The summed E-state index contributed by atoms with van der Waals surface area (Å²) >= 11 is 5.68. The second kappa shape index (κ2) is 6.28. The maximum atomic E-state index is 13.7. The fourth-order valence-corrected chi connectivity index (χ4v) is 2.36. The van der Waals surface area contributed by atoms with E-state index in [9.17, 15) is 4.39 Å². The summed E-state index contributed by atoms with van der Waals surface area (Å²) in [6.07, 6.45) is 1.41. The molecule has 0 atom stereocenters. The number of rotatable bonds is 3. The molecule has 2 heterocycles. The monoisotopic (exact) mass is 307 g/mol. The molecule has 110 valence electrons. The SMILES string of the molecule is Fc1cc(Cl)cnc1Nc1ccc(N2CCOCC2)cc1. The number of anilines is 3. The van der Waals surface area contributed by atoms with Crippen LogP contribution in [0, 0.1) is 5.82 Å². The van der Waals surface area contributed by atoms with Crippen molar-refractivity contribution in [2.45, 2.75) is 0 Å². The van der Waals surface area contributed by atoms with Crippen LogP contribution in [0.4, 0.5) is 21.6 Å². The van der Waals surface area contributed by atoms with Gasteiger partial charge in [0.1, 0.15) is 0 Å². The minimum Gasteiger partial charge on any atom is -0.378 e. The number of morpholine rings is 1. The first-order valence-corrected chi connectivity index (χ1v) is 7.11. The van der Waals surface area contributed by atoms with Crippen molar-refractivity contribution in [3.63, 3.8) is 0 Å². The number of pyridine rings is 1. The Morgan fingerprint density at radius 3 is 2.57 bits per heavy atom. The van der Waals surface area contributed by atoms with E-state index in [2.05, 4.69) is 15.2 Å². The highest BCUT2D eigenvalue weighted by atomic mass is 35.5. The van der Waals surface area contributed by atoms with Gasteiger partial charge in [-0.1, -0.05) is 11.6 Å². The zero-order valence-corrected chi connectivity index (χ0v) is 12.1. The third kappa shape index (κ3) is 3.43. The van der Waals surface area contributed by atoms with Crippen LogP contribution in [0.25, 0.3) is 0 Å². The Bertz CT molecular complexity index is 615. The molecule has 4 nitrogen and oxygen atoms in total. The Balaban J connectivity index is 1.71. The second-order valence-corrected chi connectivity index (χ2v) is 5.19. The minimum atomic E-state index is -0.472. The summed E-state index contributed by atoms with van der Waals surface area (Å²) in [7, 11) is 0.